The first-order valence-corrected chi connectivity index (χ1v) is 8.74. The largest absolute Gasteiger partial charge is 0.389 e. The van der Waals surface area contributed by atoms with Crippen molar-refractivity contribution >= 4 is 0 Å². The first kappa shape index (κ1) is 17.9. The fraction of sp³-hybridized carbons (Fsp3) is 0.474. The molecule has 3 atom stereocenters. The molecule has 2 aromatic rings. The van der Waals surface area contributed by atoms with Crippen LogP contribution in [0, 0.1) is 0 Å². The molecule has 6 heteroatoms. The third kappa shape index (κ3) is 4.41. The number of hydrogen-bond donors (Lipinski definition) is 2. The maximum atomic E-state index is 10.3. The van der Waals surface area contributed by atoms with Crippen LogP contribution >= 0.6 is 0 Å². The zero-order valence-corrected chi connectivity index (χ0v) is 14.5. The summed E-state index contributed by atoms with van der Waals surface area (Å²) in [5, 5.41) is 20.2. The summed E-state index contributed by atoms with van der Waals surface area (Å²) >= 11 is 0. The van der Waals surface area contributed by atoms with Crippen LogP contribution in [0.2, 0.25) is 0 Å². The second-order valence-corrected chi connectivity index (χ2v) is 6.37. The number of aliphatic hydroxyl groups excluding tert-OH is 2. The molecule has 1 saturated heterocycles. The van der Waals surface area contributed by atoms with Crippen molar-refractivity contribution in [2.24, 2.45) is 0 Å². The average molecular weight is 343 g/mol. The summed E-state index contributed by atoms with van der Waals surface area (Å²) in [4.78, 5) is 11.2. The number of rotatable bonds is 6. The van der Waals surface area contributed by atoms with Crippen LogP contribution in [0.25, 0.3) is 11.4 Å². The SMILES string of the molecule is CCCN(Cc1ccnc(-c2ccccc2)n1)[C@@H]1COC[C@@H](O)[C@H]1O. The van der Waals surface area contributed by atoms with E-state index in [0.29, 0.717) is 19.0 Å². The molecule has 6 nitrogen and oxygen atoms in total. The summed E-state index contributed by atoms with van der Waals surface area (Å²) in [7, 11) is 0. The molecule has 1 aliphatic heterocycles. The molecule has 0 amide bonds. The lowest BCUT2D eigenvalue weighted by Gasteiger charge is -2.39. The molecule has 1 aliphatic rings. The Bertz CT molecular complexity index is 668. The molecule has 0 bridgehead atoms. The van der Waals surface area contributed by atoms with Crippen molar-refractivity contribution in [1.82, 2.24) is 14.9 Å². The Hall–Kier alpha value is -1.86. The van der Waals surface area contributed by atoms with E-state index in [-0.39, 0.29) is 12.6 Å². The Kier molecular flexibility index (Phi) is 6.09. The third-order valence-corrected chi connectivity index (χ3v) is 4.46. The van der Waals surface area contributed by atoms with Gasteiger partial charge in [0.1, 0.15) is 6.10 Å². The van der Waals surface area contributed by atoms with E-state index < -0.39 is 12.2 Å². The van der Waals surface area contributed by atoms with E-state index >= 15 is 0 Å². The molecule has 0 spiro atoms. The highest BCUT2D eigenvalue weighted by molar-refractivity contribution is 5.54. The molecule has 2 N–H and O–H groups in total. The topological polar surface area (TPSA) is 78.7 Å². The van der Waals surface area contributed by atoms with Gasteiger partial charge in [0.2, 0.25) is 0 Å². The molecular weight excluding hydrogens is 318 g/mol. The predicted octanol–water partition coefficient (Wildman–Crippen LogP) is 1.48. The lowest BCUT2D eigenvalue weighted by Crippen LogP contribution is -2.55. The maximum Gasteiger partial charge on any atom is 0.159 e. The fourth-order valence-electron chi connectivity index (χ4n) is 3.15. The zero-order valence-electron chi connectivity index (χ0n) is 14.5. The molecule has 1 aromatic heterocycles. The van der Waals surface area contributed by atoms with Crippen LogP contribution < -0.4 is 0 Å². The molecule has 134 valence electrons. The predicted molar refractivity (Wildman–Crippen MR) is 94.8 cm³/mol. The van der Waals surface area contributed by atoms with Gasteiger partial charge in [-0.15, -0.1) is 0 Å². The summed E-state index contributed by atoms with van der Waals surface area (Å²) < 4.78 is 5.44. The monoisotopic (exact) mass is 343 g/mol. The molecule has 1 fully saturated rings. The van der Waals surface area contributed by atoms with Gasteiger partial charge < -0.3 is 14.9 Å². The van der Waals surface area contributed by atoms with Crippen molar-refractivity contribution in [2.75, 3.05) is 19.8 Å². The number of hydrogen-bond acceptors (Lipinski definition) is 6. The van der Waals surface area contributed by atoms with Gasteiger partial charge in [0, 0.05) is 18.3 Å². The van der Waals surface area contributed by atoms with Gasteiger partial charge in [0.05, 0.1) is 31.1 Å². The van der Waals surface area contributed by atoms with Gasteiger partial charge in [-0.05, 0) is 19.0 Å². The minimum Gasteiger partial charge on any atom is -0.389 e. The lowest BCUT2D eigenvalue weighted by molar-refractivity contribution is -0.134. The van der Waals surface area contributed by atoms with E-state index in [2.05, 4.69) is 21.8 Å². The molecular formula is C19H25N3O3. The van der Waals surface area contributed by atoms with E-state index in [1.165, 1.54) is 0 Å². The van der Waals surface area contributed by atoms with Crippen molar-refractivity contribution in [3.63, 3.8) is 0 Å². The first-order valence-electron chi connectivity index (χ1n) is 8.74. The van der Waals surface area contributed by atoms with Gasteiger partial charge in [-0.1, -0.05) is 37.3 Å². The zero-order chi connectivity index (χ0) is 17.6. The Labute approximate surface area is 148 Å². The first-order chi connectivity index (χ1) is 12.2. The smallest absolute Gasteiger partial charge is 0.159 e. The minimum atomic E-state index is -0.844. The molecule has 2 heterocycles. The van der Waals surface area contributed by atoms with Crippen LogP contribution in [0.4, 0.5) is 0 Å². The molecule has 3 rings (SSSR count). The van der Waals surface area contributed by atoms with Gasteiger partial charge in [-0.2, -0.15) is 0 Å². The van der Waals surface area contributed by atoms with Gasteiger partial charge in [-0.3, -0.25) is 4.90 Å². The Morgan fingerprint density at radius 2 is 1.96 bits per heavy atom. The summed E-state index contributed by atoms with van der Waals surface area (Å²) in [6.45, 7) is 4.06. The molecule has 0 unspecified atom stereocenters. The highest BCUT2D eigenvalue weighted by atomic mass is 16.5. The van der Waals surface area contributed by atoms with Crippen LogP contribution in [0.15, 0.2) is 42.6 Å². The number of ether oxygens (including phenoxy) is 1. The van der Waals surface area contributed by atoms with Crippen LogP contribution in [0.1, 0.15) is 19.0 Å². The highest BCUT2D eigenvalue weighted by Gasteiger charge is 2.35. The second-order valence-electron chi connectivity index (χ2n) is 6.37. The molecule has 1 aromatic carbocycles. The van der Waals surface area contributed by atoms with Crippen LogP contribution in [-0.4, -0.2) is 63.1 Å². The van der Waals surface area contributed by atoms with Gasteiger partial charge in [0.25, 0.3) is 0 Å². The molecule has 0 aliphatic carbocycles. The Balaban J connectivity index is 1.78. The van der Waals surface area contributed by atoms with Gasteiger partial charge in [0.15, 0.2) is 5.82 Å². The maximum absolute atomic E-state index is 10.3. The van der Waals surface area contributed by atoms with Crippen LogP contribution in [-0.2, 0) is 11.3 Å². The van der Waals surface area contributed by atoms with E-state index in [1.54, 1.807) is 6.20 Å². The van der Waals surface area contributed by atoms with Crippen molar-refractivity contribution < 1.29 is 14.9 Å². The standard InChI is InChI=1S/C19H25N3O3/c1-2-10-22(16-12-25-13-17(23)18(16)24)11-15-8-9-20-19(21-15)14-6-4-3-5-7-14/h3-9,16-18,23-24H,2,10-13H2,1H3/t16-,17-,18+/m1/s1. The van der Waals surface area contributed by atoms with Crippen LogP contribution in [0.5, 0.6) is 0 Å². The Morgan fingerprint density at radius 3 is 2.72 bits per heavy atom. The number of aromatic nitrogens is 2. The molecule has 25 heavy (non-hydrogen) atoms. The molecule has 0 radical (unpaired) electrons. The fourth-order valence-corrected chi connectivity index (χ4v) is 3.15. The normalized spacial score (nSPS) is 23.8. The van der Waals surface area contributed by atoms with Crippen molar-refractivity contribution in [3.05, 3.63) is 48.3 Å². The average Bonchev–Trinajstić information content (AvgIpc) is 2.65. The molecule has 0 saturated carbocycles. The van der Waals surface area contributed by atoms with Crippen molar-refractivity contribution in [1.29, 1.82) is 0 Å². The summed E-state index contributed by atoms with van der Waals surface area (Å²) in [6.07, 6.45) is 1.05. The number of aliphatic hydroxyl groups is 2. The van der Waals surface area contributed by atoms with E-state index in [4.69, 9.17) is 4.74 Å². The minimum absolute atomic E-state index is 0.184. The lowest BCUT2D eigenvalue weighted by atomic mass is 10.0. The van der Waals surface area contributed by atoms with Gasteiger partial charge in [-0.25, -0.2) is 9.97 Å². The van der Waals surface area contributed by atoms with Crippen molar-refractivity contribution in [2.45, 2.75) is 38.1 Å². The van der Waals surface area contributed by atoms with Crippen LogP contribution in [0.3, 0.4) is 0 Å². The van der Waals surface area contributed by atoms with Crippen molar-refractivity contribution in [3.8, 4) is 11.4 Å². The number of nitrogens with zero attached hydrogens (tertiary/aromatic N) is 3. The summed E-state index contributed by atoms with van der Waals surface area (Å²) in [5.74, 6) is 0.690. The van der Waals surface area contributed by atoms with E-state index in [1.807, 2.05) is 36.4 Å². The third-order valence-electron chi connectivity index (χ3n) is 4.46. The van der Waals surface area contributed by atoms with Gasteiger partial charge >= 0.3 is 0 Å². The number of benzene rings is 1. The van der Waals surface area contributed by atoms with E-state index in [0.717, 1.165) is 24.2 Å². The summed E-state index contributed by atoms with van der Waals surface area (Å²) in [6, 6.07) is 11.5. The second kappa shape index (κ2) is 8.49. The quantitative estimate of drug-likeness (QED) is 0.827. The summed E-state index contributed by atoms with van der Waals surface area (Å²) in [5.41, 5.74) is 1.86. The Morgan fingerprint density at radius 1 is 1.16 bits per heavy atom. The van der Waals surface area contributed by atoms with E-state index in [9.17, 15) is 10.2 Å². The highest BCUT2D eigenvalue weighted by Crippen LogP contribution is 2.19.